The van der Waals surface area contributed by atoms with Gasteiger partial charge in [0.2, 0.25) is 5.91 Å². The third-order valence-electron chi connectivity index (χ3n) is 5.32. The summed E-state index contributed by atoms with van der Waals surface area (Å²) in [6.45, 7) is 9.65. The topological polar surface area (TPSA) is 101 Å². The van der Waals surface area contributed by atoms with Gasteiger partial charge in [0.15, 0.2) is 0 Å². The molecule has 148 valence electrons. The maximum Gasteiger partial charge on any atom is 0.492 e. The van der Waals surface area contributed by atoms with Crippen molar-refractivity contribution >= 4 is 36.0 Å². The van der Waals surface area contributed by atoms with Crippen molar-refractivity contribution in [1.29, 1.82) is 0 Å². The average Bonchev–Trinajstić information content (AvgIpc) is 3.09. The van der Waals surface area contributed by atoms with E-state index in [-0.39, 0.29) is 18.1 Å². The van der Waals surface area contributed by atoms with Crippen molar-refractivity contribution in [3.63, 3.8) is 0 Å². The third-order valence-corrected chi connectivity index (χ3v) is 5.32. The van der Waals surface area contributed by atoms with E-state index in [1.165, 1.54) is 6.92 Å². The number of carboxylic acids is 1. The summed E-state index contributed by atoms with van der Waals surface area (Å²) in [6, 6.07) is 7.19. The number of aromatic amines is 1. The zero-order chi connectivity index (χ0) is 20.7. The summed E-state index contributed by atoms with van der Waals surface area (Å²) >= 11 is 0. The summed E-state index contributed by atoms with van der Waals surface area (Å²) in [5.74, 6) is -1.15. The Morgan fingerprint density at radius 1 is 1.18 bits per heavy atom. The lowest BCUT2D eigenvalue weighted by atomic mass is 9.77. The van der Waals surface area contributed by atoms with Gasteiger partial charge in [0.05, 0.1) is 11.2 Å². The summed E-state index contributed by atoms with van der Waals surface area (Å²) in [6.07, 6.45) is 1.91. The van der Waals surface area contributed by atoms with Crippen molar-refractivity contribution in [3.05, 3.63) is 41.0 Å². The molecule has 8 heteroatoms. The van der Waals surface area contributed by atoms with E-state index in [0.717, 1.165) is 21.9 Å². The number of aromatic carboxylic acids is 1. The third kappa shape index (κ3) is 3.98. The molecule has 1 aliphatic heterocycles. The van der Waals surface area contributed by atoms with E-state index in [1.807, 2.05) is 52.0 Å². The SMILES string of the molecule is CC(=O)NCC(=Cc1ccc2[nH]c(C(=O)O)cc2c1)B1OC(C)(C)C(C)(C)O1. The predicted molar refractivity (Wildman–Crippen MR) is 108 cm³/mol. The van der Waals surface area contributed by atoms with Crippen molar-refractivity contribution in [2.45, 2.75) is 45.8 Å². The van der Waals surface area contributed by atoms with Crippen LogP contribution in [0.3, 0.4) is 0 Å². The smallest absolute Gasteiger partial charge is 0.477 e. The number of amides is 1. The molecule has 1 aromatic carbocycles. The Morgan fingerprint density at radius 2 is 1.82 bits per heavy atom. The number of carbonyl (C=O) groups excluding carboxylic acids is 1. The molecule has 3 N–H and O–H groups in total. The zero-order valence-electron chi connectivity index (χ0n) is 16.8. The molecule has 1 fully saturated rings. The van der Waals surface area contributed by atoms with Crippen LogP contribution < -0.4 is 5.32 Å². The number of carboxylic acid groups (broad SMARTS) is 1. The second-order valence-electron chi connectivity index (χ2n) is 8.05. The van der Waals surface area contributed by atoms with Gasteiger partial charge in [-0.2, -0.15) is 0 Å². The minimum atomic E-state index is -1.00. The second kappa shape index (κ2) is 7.11. The van der Waals surface area contributed by atoms with Gasteiger partial charge >= 0.3 is 13.1 Å². The molecule has 2 aromatic rings. The standard InChI is InChI=1S/C20H25BN2O5/c1-12(24)22-11-15(21-27-19(2,3)20(4,5)28-21)9-13-6-7-16-14(8-13)10-17(23-16)18(25)26/h6-10,23H,11H2,1-5H3,(H,22,24)(H,25,26). The minimum absolute atomic E-state index is 0.139. The lowest BCUT2D eigenvalue weighted by molar-refractivity contribution is -0.118. The van der Waals surface area contributed by atoms with E-state index in [9.17, 15) is 9.59 Å². The lowest BCUT2D eigenvalue weighted by Crippen LogP contribution is -2.41. The molecule has 0 radical (unpaired) electrons. The molecular weight excluding hydrogens is 359 g/mol. The van der Waals surface area contributed by atoms with Gasteiger partial charge in [-0.25, -0.2) is 4.79 Å². The number of benzene rings is 1. The molecule has 0 spiro atoms. The second-order valence-corrected chi connectivity index (χ2v) is 8.05. The van der Waals surface area contributed by atoms with Crippen molar-refractivity contribution < 1.29 is 24.0 Å². The van der Waals surface area contributed by atoms with Gasteiger partial charge in [-0.15, -0.1) is 0 Å². The molecule has 1 saturated heterocycles. The van der Waals surface area contributed by atoms with E-state index in [0.29, 0.717) is 0 Å². The van der Waals surface area contributed by atoms with Gasteiger partial charge < -0.3 is 24.7 Å². The number of hydrogen-bond acceptors (Lipinski definition) is 4. The highest BCUT2D eigenvalue weighted by Gasteiger charge is 2.52. The number of hydrogen-bond donors (Lipinski definition) is 3. The Morgan fingerprint density at radius 3 is 2.39 bits per heavy atom. The minimum Gasteiger partial charge on any atom is -0.477 e. The summed E-state index contributed by atoms with van der Waals surface area (Å²) in [7, 11) is -0.589. The van der Waals surface area contributed by atoms with Crippen molar-refractivity contribution in [1.82, 2.24) is 10.3 Å². The molecule has 0 atom stereocenters. The molecule has 2 heterocycles. The fraction of sp³-hybridized carbons (Fsp3) is 0.400. The van der Waals surface area contributed by atoms with Crippen LogP contribution in [0, 0.1) is 0 Å². The number of H-pyrrole nitrogens is 1. The van der Waals surface area contributed by atoms with Gasteiger partial charge in [-0.05, 0) is 56.9 Å². The highest BCUT2D eigenvalue weighted by Crippen LogP contribution is 2.38. The van der Waals surface area contributed by atoms with E-state index < -0.39 is 24.3 Å². The fourth-order valence-electron chi connectivity index (χ4n) is 2.99. The van der Waals surface area contributed by atoms with Gasteiger partial charge in [0, 0.05) is 24.4 Å². The largest absolute Gasteiger partial charge is 0.492 e. The molecule has 0 saturated carbocycles. The highest BCUT2D eigenvalue weighted by molar-refractivity contribution is 6.56. The first-order valence-corrected chi connectivity index (χ1v) is 9.15. The zero-order valence-corrected chi connectivity index (χ0v) is 16.8. The van der Waals surface area contributed by atoms with E-state index >= 15 is 0 Å². The molecule has 3 rings (SSSR count). The summed E-state index contributed by atoms with van der Waals surface area (Å²) in [5, 5.41) is 12.7. The van der Waals surface area contributed by atoms with Gasteiger partial charge in [0.25, 0.3) is 0 Å². The van der Waals surface area contributed by atoms with Crippen molar-refractivity contribution in [3.8, 4) is 0 Å². The first kappa shape index (κ1) is 20.2. The number of nitrogens with one attached hydrogen (secondary N) is 2. The molecular formula is C20H25BN2O5. The molecule has 0 unspecified atom stereocenters. The quantitative estimate of drug-likeness (QED) is 0.688. The molecule has 28 heavy (non-hydrogen) atoms. The Kier molecular flexibility index (Phi) is 5.12. The molecule has 1 aliphatic rings. The highest BCUT2D eigenvalue weighted by atomic mass is 16.7. The van der Waals surface area contributed by atoms with Crippen LogP contribution in [0.2, 0.25) is 0 Å². The Balaban J connectivity index is 1.95. The number of rotatable bonds is 5. The molecule has 0 aliphatic carbocycles. The van der Waals surface area contributed by atoms with Gasteiger partial charge in [0.1, 0.15) is 5.69 Å². The molecule has 1 amide bonds. The summed E-state index contributed by atoms with van der Waals surface area (Å²) in [4.78, 5) is 25.5. The average molecular weight is 384 g/mol. The normalized spacial score (nSPS) is 18.5. The van der Waals surface area contributed by atoms with E-state index in [2.05, 4.69) is 10.3 Å². The van der Waals surface area contributed by atoms with Crippen molar-refractivity contribution in [2.75, 3.05) is 6.54 Å². The molecule has 0 bridgehead atoms. The van der Waals surface area contributed by atoms with E-state index in [1.54, 1.807) is 6.07 Å². The van der Waals surface area contributed by atoms with E-state index in [4.69, 9.17) is 14.4 Å². The lowest BCUT2D eigenvalue weighted by Gasteiger charge is -2.32. The molecule has 7 nitrogen and oxygen atoms in total. The van der Waals surface area contributed by atoms with Crippen molar-refractivity contribution in [2.24, 2.45) is 0 Å². The van der Waals surface area contributed by atoms with Crippen LogP contribution in [0.5, 0.6) is 0 Å². The Bertz CT molecular complexity index is 945. The van der Waals surface area contributed by atoms with Gasteiger partial charge in [-0.1, -0.05) is 12.1 Å². The fourth-order valence-corrected chi connectivity index (χ4v) is 2.99. The number of carbonyl (C=O) groups is 2. The summed E-state index contributed by atoms with van der Waals surface area (Å²) < 4.78 is 12.3. The maximum absolute atomic E-state index is 11.4. The van der Waals surface area contributed by atoms with Crippen LogP contribution in [-0.2, 0) is 14.1 Å². The Labute approximate surface area is 164 Å². The number of fused-ring (bicyclic) bond motifs is 1. The van der Waals surface area contributed by atoms with Crippen LogP contribution in [-0.4, -0.2) is 46.8 Å². The monoisotopic (exact) mass is 384 g/mol. The van der Waals surface area contributed by atoms with Crippen LogP contribution in [0.4, 0.5) is 0 Å². The Hall–Kier alpha value is -2.58. The predicted octanol–water partition coefficient (Wildman–Crippen LogP) is 3.02. The first-order valence-electron chi connectivity index (χ1n) is 9.15. The van der Waals surface area contributed by atoms with Crippen LogP contribution in [0.15, 0.2) is 29.7 Å². The van der Waals surface area contributed by atoms with Crippen LogP contribution in [0.25, 0.3) is 17.0 Å². The van der Waals surface area contributed by atoms with Crippen LogP contribution in [0.1, 0.15) is 50.7 Å². The van der Waals surface area contributed by atoms with Gasteiger partial charge in [-0.3, -0.25) is 4.79 Å². The molecule has 1 aromatic heterocycles. The maximum atomic E-state index is 11.4. The summed E-state index contributed by atoms with van der Waals surface area (Å²) in [5.41, 5.74) is 1.54. The number of aromatic nitrogens is 1. The van der Waals surface area contributed by atoms with Crippen LogP contribution >= 0.6 is 0 Å². The first-order chi connectivity index (χ1) is 13.0.